The quantitative estimate of drug-likeness (QED) is 0.115. The number of halogens is 5. The number of unbranched alkanes of at least 4 members (excludes halogenated alkanes) is 6. The molecule has 1 N–H and O–H groups in total. The van der Waals surface area contributed by atoms with Gasteiger partial charge in [0.15, 0.2) is 0 Å². The number of hydrogen-bond donors (Lipinski definition) is 1. The summed E-state index contributed by atoms with van der Waals surface area (Å²) in [6.07, 6.45) is 4.15. The molecule has 2 fully saturated rings. The Bertz CT molecular complexity index is 1270. The third kappa shape index (κ3) is 8.72. The van der Waals surface area contributed by atoms with Gasteiger partial charge in [-0.3, -0.25) is 4.79 Å². The molecule has 5 nitrogen and oxygen atoms in total. The summed E-state index contributed by atoms with van der Waals surface area (Å²) < 4.78 is 92.9. The van der Waals surface area contributed by atoms with E-state index in [4.69, 9.17) is 4.74 Å². The fraction of sp³-hybridized carbons (Fsp3) is 0.794. The van der Waals surface area contributed by atoms with Crippen molar-refractivity contribution in [1.82, 2.24) is 0 Å². The fourth-order valence-corrected chi connectivity index (χ4v) is 10.3. The number of esters is 1. The van der Waals surface area contributed by atoms with Crippen molar-refractivity contribution in [2.24, 2.45) is 23.2 Å². The number of alkyl halides is 5. The topological polar surface area (TPSA) is 80.7 Å². The Morgan fingerprint density at radius 3 is 2.27 bits per heavy atom. The molecule has 3 aliphatic carbocycles. The lowest BCUT2D eigenvalue weighted by atomic mass is 9.51. The Morgan fingerprint density at radius 2 is 1.60 bits per heavy atom. The second kappa shape index (κ2) is 14.5. The molecule has 0 aliphatic heterocycles. The van der Waals surface area contributed by atoms with Crippen LogP contribution < -0.4 is 0 Å². The van der Waals surface area contributed by atoms with Gasteiger partial charge in [-0.2, -0.15) is 22.0 Å². The van der Waals surface area contributed by atoms with Gasteiger partial charge >= 0.3 is 18.1 Å². The first-order valence-corrected chi connectivity index (χ1v) is 18.5. The van der Waals surface area contributed by atoms with Crippen molar-refractivity contribution in [1.29, 1.82) is 0 Å². The molecule has 0 aromatic heterocycles. The molecule has 0 spiro atoms. The molecule has 0 radical (unpaired) electrons. The van der Waals surface area contributed by atoms with E-state index in [1.54, 1.807) is 6.07 Å². The van der Waals surface area contributed by atoms with Gasteiger partial charge in [-0.1, -0.05) is 51.5 Å². The maximum absolute atomic E-state index is 13.0. The molecular formula is C34H49F5O5S. The highest BCUT2D eigenvalue weighted by Crippen LogP contribution is 2.64. The van der Waals surface area contributed by atoms with Crippen molar-refractivity contribution in [3.05, 3.63) is 29.3 Å². The number of ether oxygens (including phenoxy) is 1. The van der Waals surface area contributed by atoms with Crippen LogP contribution in [0.4, 0.5) is 22.0 Å². The van der Waals surface area contributed by atoms with Crippen molar-refractivity contribution >= 4 is 15.8 Å². The first-order chi connectivity index (χ1) is 21.0. The van der Waals surface area contributed by atoms with Gasteiger partial charge < -0.3 is 9.84 Å². The maximum Gasteiger partial charge on any atom is 0.453 e. The van der Waals surface area contributed by atoms with Gasteiger partial charge in [0.1, 0.15) is 21.7 Å². The number of rotatable bonds is 15. The predicted octanol–water partition coefficient (Wildman–Crippen LogP) is 8.92. The summed E-state index contributed by atoms with van der Waals surface area (Å²) in [4.78, 5) is 11.9. The molecule has 256 valence electrons. The number of fused-ring (bicyclic) bond motifs is 5. The normalized spacial score (nSPS) is 28.3. The lowest BCUT2D eigenvalue weighted by Gasteiger charge is -2.54. The summed E-state index contributed by atoms with van der Waals surface area (Å²) >= 11 is 0. The summed E-state index contributed by atoms with van der Waals surface area (Å²) in [7, 11) is -3.66. The van der Waals surface area contributed by atoms with Gasteiger partial charge in [-0.05, 0) is 98.3 Å². The van der Waals surface area contributed by atoms with E-state index in [1.165, 1.54) is 18.1 Å². The van der Waals surface area contributed by atoms with E-state index in [0.717, 1.165) is 70.6 Å². The molecule has 0 unspecified atom stereocenters. The van der Waals surface area contributed by atoms with E-state index in [0.29, 0.717) is 42.3 Å². The van der Waals surface area contributed by atoms with Gasteiger partial charge in [0.2, 0.25) is 0 Å². The largest absolute Gasteiger partial charge is 0.508 e. The summed E-state index contributed by atoms with van der Waals surface area (Å²) in [6.45, 7) is 3.82. The van der Waals surface area contributed by atoms with Crippen LogP contribution in [0.5, 0.6) is 5.75 Å². The molecule has 2 saturated carbocycles. The molecule has 0 bridgehead atoms. The van der Waals surface area contributed by atoms with Crippen LogP contribution in [0.1, 0.15) is 121 Å². The molecule has 45 heavy (non-hydrogen) atoms. The number of aromatic hydroxyl groups is 1. The van der Waals surface area contributed by atoms with Crippen molar-refractivity contribution in [2.75, 3.05) is 11.5 Å². The molecular weight excluding hydrogens is 615 g/mol. The Kier molecular flexibility index (Phi) is 11.6. The lowest BCUT2D eigenvalue weighted by Crippen LogP contribution is -2.48. The summed E-state index contributed by atoms with van der Waals surface area (Å²) in [5.74, 6) is -3.69. The third-order valence-electron chi connectivity index (χ3n) is 10.9. The van der Waals surface area contributed by atoms with Gasteiger partial charge in [0.25, 0.3) is 0 Å². The molecule has 0 amide bonds. The van der Waals surface area contributed by atoms with E-state index >= 15 is 0 Å². The van der Waals surface area contributed by atoms with Crippen molar-refractivity contribution in [3.8, 4) is 5.75 Å². The zero-order chi connectivity index (χ0) is 33.0. The van der Waals surface area contributed by atoms with E-state index < -0.39 is 40.5 Å². The lowest BCUT2D eigenvalue weighted by molar-refractivity contribution is -0.284. The fourth-order valence-electron chi connectivity index (χ4n) is 8.87. The number of carbonyl (C=O) groups is 1. The van der Waals surface area contributed by atoms with Crippen LogP contribution in [0.3, 0.4) is 0 Å². The van der Waals surface area contributed by atoms with E-state index in [-0.39, 0.29) is 23.2 Å². The van der Waals surface area contributed by atoms with Gasteiger partial charge in [0.05, 0.1) is 11.5 Å². The van der Waals surface area contributed by atoms with Crippen LogP contribution in [0, 0.1) is 23.2 Å². The molecule has 4 rings (SSSR count). The van der Waals surface area contributed by atoms with Crippen molar-refractivity contribution < 1.29 is 45.0 Å². The Hall–Kier alpha value is -1.91. The van der Waals surface area contributed by atoms with Crippen LogP contribution in [0.25, 0.3) is 0 Å². The van der Waals surface area contributed by atoms with Crippen LogP contribution in [-0.2, 0) is 25.8 Å². The summed E-state index contributed by atoms with van der Waals surface area (Å²) in [5.41, 5.74) is 2.59. The molecule has 3 aliphatic rings. The van der Waals surface area contributed by atoms with Crippen molar-refractivity contribution in [2.45, 2.75) is 134 Å². The predicted molar refractivity (Wildman–Crippen MR) is 163 cm³/mol. The average molecular weight is 665 g/mol. The molecule has 6 atom stereocenters. The third-order valence-corrected chi connectivity index (χ3v) is 12.8. The molecule has 0 saturated heterocycles. The number of hydrogen-bond acceptors (Lipinski definition) is 5. The monoisotopic (exact) mass is 664 g/mol. The molecule has 1 aromatic carbocycles. The Morgan fingerprint density at radius 1 is 0.956 bits per heavy atom. The number of carbonyl (C=O) groups excluding carboxylic acids is 1. The van der Waals surface area contributed by atoms with E-state index in [9.17, 15) is 40.3 Å². The van der Waals surface area contributed by atoms with Crippen LogP contribution in [0.2, 0.25) is 0 Å². The second-order valence-corrected chi connectivity index (χ2v) is 16.4. The second-order valence-electron chi connectivity index (χ2n) is 14.1. The number of benzene rings is 1. The summed E-state index contributed by atoms with van der Waals surface area (Å²) in [5, 5.41) is 10.1. The van der Waals surface area contributed by atoms with Gasteiger partial charge in [-0.15, -0.1) is 0 Å². The van der Waals surface area contributed by atoms with Gasteiger partial charge in [0, 0.05) is 18.8 Å². The van der Waals surface area contributed by atoms with Gasteiger partial charge in [-0.25, -0.2) is 8.42 Å². The number of phenolic OH excluding ortho intramolecular Hbond substituents is 1. The van der Waals surface area contributed by atoms with Crippen LogP contribution >= 0.6 is 0 Å². The Balaban J connectivity index is 1.22. The molecule has 11 heteroatoms. The minimum atomic E-state index is -5.66. The smallest absolute Gasteiger partial charge is 0.453 e. The number of phenols is 1. The first-order valence-electron chi connectivity index (χ1n) is 16.7. The summed E-state index contributed by atoms with van der Waals surface area (Å²) in [6, 6.07) is 5.85. The van der Waals surface area contributed by atoms with Crippen molar-refractivity contribution in [3.63, 3.8) is 0 Å². The zero-order valence-electron chi connectivity index (χ0n) is 26.5. The highest BCUT2D eigenvalue weighted by molar-refractivity contribution is 7.91. The number of sulfone groups is 1. The number of aryl methyl sites for hydroxylation is 1. The molecule has 0 heterocycles. The highest BCUT2D eigenvalue weighted by atomic mass is 32.2. The first kappa shape index (κ1) is 35.9. The van der Waals surface area contributed by atoms with E-state index in [1.807, 2.05) is 6.07 Å². The zero-order valence-corrected chi connectivity index (χ0v) is 27.3. The highest BCUT2D eigenvalue weighted by Gasteiger charge is 2.59. The maximum atomic E-state index is 13.0. The minimum absolute atomic E-state index is 0.0362. The Labute approximate surface area is 264 Å². The van der Waals surface area contributed by atoms with Crippen LogP contribution in [0.15, 0.2) is 18.2 Å². The molecule has 1 aromatic rings. The minimum Gasteiger partial charge on any atom is -0.508 e. The average Bonchev–Trinajstić information content (AvgIpc) is 3.25. The van der Waals surface area contributed by atoms with Crippen LogP contribution in [-0.4, -0.2) is 49.2 Å². The standard InChI is InChI=1S/C34H49F5O5S/c1-23(40)44-30-17-16-29-28-14-12-24-21-26(41)13-15-27(24)31(28)25(22-32(29,30)2)11-8-6-4-3-5-7-9-19-45(42,43)20-10-18-33(35,36)34(37,38)39/h13,15,21,25,28-31,41H,3-12,14,16-20,22H2,1-2H3/t25-,28-,29-,30-,31+,32-/m0/s1. The SMILES string of the molecule is CC(=O)O[C@H]1CC[C@H]2[C@@H]3CCc4cc(O)ccc4[C@H]3[C@@H](CCCCCCCCCS(=O)(=O)CCCC(F)(F)C(F)(F)F)C[C@]12C. The van der Waals surface area contributed by atoms with E-state index in [2.05, 4.69) is 13.0 Å².